The second kappa shape index (κ2) is 5.31. The third-order valence-corrected chi connectivity index (χ3v) is 3.42. The number of hydrogen-bond acceptors (Lipinski definition) is 4. The van der Waals surface area contributed by atoms with Crippen molar-refractivity contribution in [3.63, 3.8) is 0 Å². The van der Waals surface area contributed by atoms with Crippen LogP contribution in [-0.4, -0.2) is 15.4 Å². The molecule has 7 heteroatoms. The minimum Gasteiger partial charge on any atom is -0.478 e. The minimum absolute atomic E-state index is 0.00843. The van der Waals surface area contributed by atoms with E-state index in [4.69, 9.17) is 5.11 Å². The molecule has 0 bridgehead atoms. The molecule has 0 fully saturated rings. The maximum absolute atomic E-state index is 13.4. The Bertz CT molecular complexity index is 628. The first kappa shape index (κ1) is 13.4. The molecular formula is C12H10F2N2O2S. The Balaban J connectivity index is 2.19. The van der Waals surface area contributed by atoms with E-state index in [-0.39, 0.29) is 17.7 Å². The molecule has 0 aliphatic carbocycles. The van der Waals surface area contributed by atoms with Gasteiger partial charge in [-0.05, 0) is 36.7 Å². The summed E-state index contributed by atoms with van der Waals surface area (Å²) in [6.45, 7) is 1.57. The highest BCUT2D eigenvalue weighted by Gasteiger charge is 2.17. The zero-order chi connectivity index (χ0) is 14.0. The number of nitrogens with zero attached hydrogens (tertiary/aromatic N) is 1. The summed E-state index contributed by atoms with van der Waals surface area (Å²) >= 11 is 0.976. The van der Waals surface area contributed by atoms with E-state index in [1.165, 1.54) is 0 Å². The lowest BCUT2D eigenvalue weighted by Crippen LogP contribution is -2.06. The largest absolute Gasteiger partial charge is 0.478 e. The lowest BCUT2D eigenvalue weighted by atomic mass is 10.2. The van der Waals surface area contributed by atoms with Crippen LogP contribution in [-0.2, 0) is 6.54 Å². The van der Waals surface area contributed by atoms with Crippen molar-refractivity contribution in [2.75, 3.05) is 5.32 Å². The Morgan fingerprint density at radius 1 is 1.47 bits per heavy atom. The maximum atomic E-state index is 13.4. The van der Waals surface area contributed by atoms with Crippen LogP contribution in [0.2, 0.25) is 0 Å². The summed E-state index contributed by atoms with van der Waals surface area (Å²) in [6.07, 6.45) is 0. The highest BCUT2D eigenvalue weighted by molar-refractivity contribution is 7.10. The molecule has 2 aromatic rings. The van der Waals surface area contributed by atoms with Gasteiger partial charge in [-0.2, -0.15) is 4.37 Å². The number of anilines is 1. The smallest absolute Gasteiger partial charge is 0.340 e. The van der Waals surface area contributed by atoms with Gasteiger partial charge in [0.1, 0.15) is 22.2 Å². The van der Waals surface area contributed by atoms with Crippen LogP contribution in [0.15, 0.2) is 18.2 Å². The molecule has 2 N–H and O–H groups in total. The normalized spacial score (nSPS) is 10.5. The van der Waals surface area contributed by atoms with Crippen molar-refractivity contribution in [3.8, 4) is 0 Å². The first-order valence-corrected chi connectivity index (χ1v) is 6.13. The zero-order valence-corrected chi connectivity index (χ0v) is 10.7. The van der Waals surface area contributed by atoms with Gasteiger partial charge in [0, 0.05) is 12.1 Å². The van der Waals surface area contributed by atoms with Gasteiger partial charge in [-0.3, -0.25) is 0 Å². The fourth-order valence-corrected chi connectivity index (χ4v) is 2.38. The van der Waals surface area contributed by atoms with Crippen LogP contribution in [0, 0.1) is 18.6 Å². The standard InChI is InChI=1S/C12H10F2N2O2S/c1-6-10(12(17)18)11(19-16-6)15-5-7-4-8(13)2-3-9(7)14/h2-4,15H,5H2,1H3,(H,17,18). The number of carboxylic acids is 1. The molecule has 0 saturated heterocycles. The van der Waals surface area contributed by atoms with Crippen LogP contribution in [0.4, 0.5) is 13.8 Å². The average Bonchev–Trinajstić information content (AvgIpc) is 2.72. The van der Waals surface area contributed by atoms with E-state index in [2.05, 4.69) is 9.69 Å². The van der Waals surface area contributed by atoms with E-state index in [1.54, 1.807) is 6.92 Å². The lowest BCUT2D eigenvalue weighted by Gasteiger charge is -2.06. The van der Waals surface area contributed by atoms with Crippen molar-refractivity contribution in [2.45, 2.75) is 13.5 Å². The number of hydrogen-bond donors (Lipinski definition) is 2. The van der Waals surface area contributed by atoms with Gasteiger partial charge in [0.15, 0.2) is 0 Å². The van der Waals surface area contributed by atoms with E-state index < -0.39 is 17.6 Å². The molecule has 1 aromatic heterocycles. The molecule has 0 aliphatic heterocycles. The van der Waals surface area contributed by atoms with Crippen LogP contribution in [0.5, 0.6) is 0 Å². The predicted molar refractivity (Wildman–Crippen MR) is 67.5 cm³/mol. The number of halogens is 2. The number of rotatable bonds is 4. The minimum atomic E-state index is -1.10. The molecule has 100 valence electrons. The molecule has 0 spiro atoms. The van der Waals surface area contributed by atoms with Gasteiger partial charge in [0.25, 0.3) is 0 Å². The summed E-state index contributed by atoms with van der Waals surface area (Å²) in [6, 6.07) is 3.12. The third-order valence-electron chi connectivity index (χ3n) is 2.52. The Kier molecular flexibility index (Phi) is 3.75. The Morgan fingerprint density at radius 3 is 2.89 bits per heavy atom. The lowest BCUT2D eigenvalue weighted by molar-refractivity contribution is 0.0697. The molecule has 2 rings (SSSR count). The fourth-order valence-electron chi connectivity index (χ4n) is 1.60. The maximum Gasteiger partial charge on any atom is 0.340 e. The summed E-state index contributed by atoms with van der Waals surface area (Å²) in [5.74, 6) is -2.20. The van der Waals surface area contributed by atoms with Gasteiger partial charge in [0.05, 0.1) is 5.69 Å². The van der Waals surface area contributed by atoms with Crippen molar-refractivity contribution < 1.29 is 18.7 Å². The quantitative estimate of drug-likeness (QED) is 0.906. The van der Waals surface area contributed by atoms with Crippen molar-refractivity contribution in [2.24, 2.45) is 0 Å². The van der Waals surface area contributed by atoms with Crippen molar-refractivity contribution in [1.82, 2.24) is 4.37 Å². The van der Waals surface area contributed by atoms with Crippen LogP contribution in [0.3, 0.4) is 0 Å². The van der Waals surface area contributed by atoms with E-state index in [0.717, 1.165) is 29.7 Å². The van der Waals surface area contributed by atoms with E-state index >= 15 is 0 Å². The van der Waals surface area contributed by atoms with Crippen molar-refractivity contribution >= 4 is 22.5 Å². The predicted octanol–water partition coefficient (Wildman–Crippen LogP) is 3.04. The van der Waals surface area contributed by atoms with Crippen LogP contribution in [0.25, 0.3) is 0 Å². The first-order chi connectivity index (χ1) is 8.99. The summed E-state index contributed by atoms with van der Waals surface area (Å²) in [5, 5.41) is 12.1. The molecule has 0 radical (unpaired) electrons. The highest BCUT2D eigenvalue weighted by atomic mass is 32.1. The van der Waals surface area contributed by atoms with Crippen LogP contribution < -0.4 is 5.32 Å². The molecule has 1 heterocycles. The second-order valence-electron chi connectivity index (χ2n) is 3.87. The third kappa shape index (κ3) is 2.87. The van der Waals surface area contributed by atoms with Crippen LogP contribution >= 0.6 is 11.5 Å². The average molecular weight is 284 g/mol. The molecule has 0 unspecified atom stereocenters. The molecule has 19 heavy (non-hydrogen) atoms. The Morgan fingerprint density at radius 2 is 2.21 bits per heavy atom. The number of aromatic carboxylic acids is 1. The van der Waals surface area contributed by atoms with Gasteiger partial charge >= 0.3 is 5.97 Å². The molecule has 4 nitrogen and oxygen atoms in total. The Hall–Kier alpha value is -2.02. The highest BCUT2D eigenvalue weighted by Crippen LogP contribution is 2.25. The van der Waals surface area contributed by atoms with E-state index in [1.807, 2.05) is 0 Å². The second-order valence-corrected chi connectivity index (χ2v) is 4.64. The molecule has 0 amide bonds. The number of aromatic nitrogens is 1. The van der Waals surface area contributed by atoms with Gasteiger partial charge in [0.2, 0.25) is 0 Å². The van der Waals surface area contributed by atoms with Crippen molar-refractivity contribution in [3.05, 3.63) is 46.7 Å². The summed E-state index contributed by atoms with van der Waals surface area (Å²) in [4.78, 5) is 11.0. The van der Waals surface area contributed by atoms with Gasteiger partial charge in [-0.1, -0.05) is 0 Å². The molecule has 0 atom stereocenters. The zero-order valence-electron chi connectivity index (χ0n) is 9.91. The first-order valence-electron chi connectivity index (χ1n) is 5.36. The van der Waals surface area contributed by atoms with E-state index in [0.29, 0.717) is 10.7 Å². The van der Waals surface area contributed by atoms with Crippen molar-refractivity contribution in [1.29, 1.82) is 0 Å². The number of nitrogens with one attached hydrogen (secondary N) is 1. The topological polar surface area (TPSA) is 62.2 Å². The summed E-state index contributed by atoms with van der Waals surface area (Å²) in [5.41, 5.74) is 0.573. The number of benzene rings is 1. The number of carboxylic acid groups (broad SMARTS) is 1. The number of carbonyl (C=O) groups is 1. The summed E-state index contributed by atoms with van der Waals surface area (Å²) in [7, 11) is 0. The van der Waals surface area contributed by atoms with Gasteiger partial charge < -0.3 is 10.4 Å². The fraction of sp³-hybridized carbons (Fsp3) is 0.167. The van der Waals surface area contributed by atoms with Gasteiger partial charge in [-0.25, -0.2) is 13.6 Å². The Labute approximate surface area is 111 Å². The monoisotopic (exact) mass is 284 g/mol. The molecule has 0 aliphatic rings. The number of aryl methyl sites for hydroxylation is 1. The summed E-state index contributed by atoms with van der Waals surface area (Å²) < 4.78 is 30.3. The molecule has 1 aromatic carbocycles. The SMILES string of the molecule is Cc1nsc(NCc2cc(F)ccc2F)c1C(=O)O. The van der Waals surface area contributed by atoms with Crippen LogP contribution in [0.1, 0.15) is 21.6 Å². The molecule has 0 saturated carbocycles. The van der Waals surface area contributed by atoms with Gasteiger partial charge in [-0.15, -0.1) is 0 Å². The van der Waals surface area contributed by atoms with E-state index in [9.17, 15) is 13.6 Å². The molecular weight excluding hydrogens is 274 g/mol.